The quantitative estimate of drug-likeness (QED) is 0.166. The molecule has 7 aromatic rings. The molecule has 0 amide bonds. The largest absolute Gasteiger partial charge is 0.309 e. The van der Waals surface area contributed by atoms with Crippen molar-refractivity contribution in [3.63, 3.8) is 0 Å². The van der Waals surface area contributed by atoms with Crippen LogP contribution in [-0.2, 0) is 0 Å². The van der Waals surface area contributed by atoms with Crippen LogP contribution in [0.3, 0.4) is 0 Å². The van der Waals surface area contributed by atoms with Gasteiger partial charge in [-0.05, 0) is 69.1 Å². The fourth-order valence-corrected chi connectivity index (χ4v) is 5.93. The third-order valence-electron chi connectivity index (χ3n) is 7.83. The van der Waals surface area contributed by atoms with Gasteiger partial charge in [0.1, 0.15) is 0 Å². The highest BCUT2D eigenvalue weighted by molar-refractivity contribution is 6.19. The topological polar surface area (TPSA) is 28.8 Å². The third kappa shape index (κ3) is 4.27. The maximum absolute atomic E-state index is 7.90. The number of hydrogen-bond donors (Lipinski definition) is 1. The number of fused-ring (bicyclic) bond motifs is 5. The minimum Gasteiger partial charge on any atom is -0.309 e. The Labute approximate surface area is 239 Å². The highest BCUT2D eigenvalue weighted by Gasteiger charge is 2.17. The van der Waals surface area contributed by atoms with Crippen LogP contribution in [0, 0.1) is 5.41 Å². The van der Waals surface area contributed by atoms with E-state index in [4.69, 9.17) is 5.41 Å². The van der Waals surface area contributed by atoms with Crippen molar-refractivity contribution in [1.82, 2.24) is 4.57 Å². The summed E-state index contributed by atoms with van der Waals surface area (Å²) in [5, 5.41) is 12.7. The number of nitrogens with one attached hydrogen (secondary N) is 1. The molecule has 0 saturated carbocycles. The van der Waals surface area contributed by atoms with Gasteiger partial charge in [-0.25, -0.2) is 0 Å². The summed E-state index contributed by atoms with van der Waals surface area (Å²) < 4.78 is 2.42. The molecule has 0 bridgehead atoms. The van der Waals surface area contributed by atoms with Crippen LogP contribution in [0.15, 0.2) is 152 Å². The maximum Gasteiger partial charge on any atom is 0.0619 e. The smallest absolute Gasteiger partial charge is 0.0619 e. The number of hydrogen-bond acceptors (Lipinski definition) is 1. The Kier molecular flexibility index (Phi) is 6.14. The summed E-state index contributed by atoms with van der Waals surface area (Å²) in [5.41, 5.74) is 10.1. The van der Waals surface area contributed by atoms with Crippen molar-refractivity contribution < 1.29 is 0 Å². The zero-order chi connectivity index (χ0) is 27.8. The molecule has 7 rings (SSSR count). The molecule has 0 aliphatic carbocycles. The molecule has 0 atom stereocenters. The second-order valence-electron chi connectivity index (χ2n) is 10.3. The molecular weight excluding hydrogens is 496 g/mol. The molecule has 0 fully saturated rings. The normalized spacial score (nSPS) is 11.8. The van der Waals surface area contributed by atoms with Gasteiger partial charge in [0.2, 0.25) is 0 Å². The highest BCUT2D eigenvalue weighted by Crippen LogP contribution is 2.39. The van der Waals surface area contributed by atoms with E-state index in [9.17, 15) is 0 Å². The van der Waals surface area contributed by atoms with E-state index in [1.165, 1.54) is 55.7 Å². The molecule has 0 saturated heterocycles. The van der Waals surface area contributed by atoms with E-state index in [1.807, 2.05) is 6.08 Å². The maximum atomic E-state index is 7.90. The van der Waals surface area contributed by atoms with Crippen molar-refractivity contribution in [2.24, 2.45) is 0 Å². The first kappa shape index (κ1) is 24.6. The molecule has 1 aromatic heterocycles. The molecule has 2 heteroatoms. The lowest BCUT2D eigenvalue weighted by molar-refractivity contribution is 1.19. The molecule has 1 N–H and O–H groups in total. The zero-order valence-electron chi connectivity index (χ0n) is 22.6. The summed E-state index contributed by atoms with van der Waals surface area (Å²) in [7, 11) is 0. The first-order valence-corrected chi connectivity index (χ1v) is 13.8. The number of allylic oxidation sites excluding steroid dienone is 3. The van der Waals surface area contributed by atoms with Crippen molar-refractivity contribution >= 4 is 44.4 Å². The fraction of sp³-hybridized carbons (Fsp3) is 0. The van der Waals surface area contributed by atoms with E-state index in [1.54, 1.807) is 6.08 Å². The summed E-state index contributed by atoms with van der Waals surface area (Å²) in [6.07, 6.45) is 5.00. The molecule has 6 aromatic carbocycles. The van der Waals surface area contributed by atoms with E-state index >= 15 is 0 Å². The Balaban J connectivity index is 1.57. The highest BCUT2D eigenvalue weighted by atomic mass is 15.0. The Hall–Kier alpha value is -5.47. The van der Waals surface area contributed by atoms with Crippen LogP contribution in [0.2, 0.25) is 0 Å². The summed E-state index contributed by atoms with van der Waals surface area (Å²) in [6.45, 7) is 3.82. The van der Waals surface area contributed by atoms with Crippen molar-refractivity contribution in [3.05, 3.63) is 158 Å². The molecule has 0 aliphatic rings. The summed E-state index contributed by atoms with van der Waals surface area (Å²) in [6, 6.07) is 47.7. The predicted molar refractivity (Wildman–Crippen MR) is 176 cm³/mol. The molecule has 1 heterocycles. The lowest BCUT2D eigenvalue weighted by Crippen LogP contribution is -1.97. The van der Waals surface area contributed by atoms with Crippen molar-refractivity contribution in [2.45, 2.75) is 0 Å². The van der Waals surface area contributed by atoms with Crippen LogP contribution in [0.1, 0.15) is 5.56 Å². The van der Waals surface area contributed by atoms with Gasteiger partial charge >= 0.3 is 0 Å². The van der Waals surface area contributed by atoms with Crippen LogP contribution in [0.5, 0.6) is 0 Å². The molecule has 41 heavy (non-hydrogen) atoms. The van der Waals surface area contributed by atoms with Crippen LogP contribution in [0.4, 0.5) is 0 Å². The van der Waals surface area contributed by atoms with E-state index < -0.39 is 0 Å². The lowest BCUT2D eigenvalue weighted by Gasteiger charge is -2.15. The average molecular weight is 525 g/mol. The van der Waals surface area contributed by atoms with Gasteiger partial charge in [0.25, 0.3) is 0 Å². The minimum absolute atomic E-state index is 0.839. The van der Waals surface area contributed by atoms with Gasteiger partial charge < -0.3 is 9.98 Å². The minimum atomic E-state index is 0.839. The average Bonchev–Trinajstić information content (AvgIpc) is 3.39. The standard InChI is InChI=1S/C39H28N2/c1-2-11-31(26-40)29-18-20-35-30(22-29)19-21-37-36-16-9-10-17-38(36)41(39(35)37)34-24-32(27-12-5-3-6-13-27)23-33(25-34)28-14-7-4-8-15-28/h2-26,40H,1H2/b31-11+,40-26?. The van der Waals surface area contributed by atoms with Gasteiger partial charge in [-0.1, -0.05) is 122 Å². The SMILES string of the molecule is C=C/C=C(\C=N)c1ccc2c(ccc3c4ccccc4n(-c4cc(-c5ccccc5)cc(-c5ccccc5)c4)c23)c1. The molecular formula is C39H28N2. The Morgan fingerprint density at radius 1 is 0.585 bits per heavy atom. The second-order valence-corrected chi connectivity index (χ2v) is 10.3. The van der Waals surface area contributed by atoms with Gasteiger partial charge in [-0.2, -0.15) is 0 Å². The Bertz CT molecular complexity index is 2060. The van der Waals surface area contributed by atoms with Crippen molar-refractivity contribution in [3.8, 4) is 27.9 Å². The van der Waals surface area contributed by atoms with Gasteiger partial charge in [-0.3, -0.25) is 0 Å². The van der Waals surface area contributed by atoms with E-state index in [0.717, 1.165) is 22.2 Å². The molecule has 2 nitrogen and oxygen atoms in total. The number of rotatable bonds is 6. The van der Waals surface area contributed by atoms with E-state index in [0.29, 0.717) is 0 Å². The van der Waals surface area contributed by atoms with Crippen molar-refractivity contribution in [2.75, 3.05) is 0 Å². The van der Waals surface area contributed by atoms with Gasteiger partial charge in [-0.15, -0.1) is 0 Å². The van der Waals surface area contributed by atoms with Crippen LogP contribution in [0.25, 0.3) is 66.1 Å². The summed E-state index contributed by atoms with van der Waals surface area (Å²) in [5.74, 6) is 0. The lowest BCUT2D eigenvalue weighted by atomic mass is 9.97. The number of para-hydroxylation sites is 1. The van der Waals surface area contributed by atoms with E-state index in [2.05, 4.69) is 145 Å². The number of benzene rings is 6. The number of nitrogens with zero attached hydrogens (tertiary/aromatic N) is 1. The van der Waals surface area contributed by atoms with Crippen LogP contribution in [-0.4, -0.2) is 10.8 Å². The molecule has 0 radical (unpaired) electrons. The third-order valence-corrected chi connectivity index (χ3v) is 7.83. The van der Waals surface area contributed by atoms with Gasteiger partial charge in [0.15, 0.2) is 0 Å². The van der Waals surface area contributed by atoms with Gasteiger partial charge in [0.05, 0.1) is 11.0 Å². The first-order chi connectivity index (χ1) is 20.2. The second kappa shape index (κ2) is 10.3. The first-order valence-electron chi connectivity index (χ1n) is 13.8. The van der Waals surface area contributed by atoms with Crippen LogP contribution >= 0.6 is 0 Å². The Morgan fingerprint density at radius 2 is 1.22 bits per heavy atom. The molecule has 0 spiro atoms. The predicted octanol–water partition coefficient (Wildman–Crippen LogP) is 10.5. The monoisotopic (exact) mass is 524 g/mol. The summed E-state index contributed by atoms with van der Waals surface area (Å²) >= 11 is 0. The van der Waals surface area contributed by atoms with E-state index in [-0.39, 0.29) is 0 Å². The molecule has 0 unspecified atom stereocenters. The van der Waals surface area contributed by atoms with Gasteiger partial charge in [0, 0.05) is 28.1 Å². The number of aromatic nitrogens is 1. The Morgan fingerprint density at radius 3 is 1.88 bits per heavy atom. The van der Waals surface area contributed by atoms with Crippen molar-refractivity contribution in [1.29, 1.82) is 5.41 Å². The molecule has 0 aliphatic heterocycles. The fourth-order valence-electron chi connectivity index (χ4n) is 5.93. The summed E-state index contributed by atoms with van der Waals surface area (Å²) in [4.78, 5) is 0. The molecule has 194 valence electrons. The van der Waals surface area contributed by atoms with Crippen LogP contribution < -0.4 is 0 Å². The zero-order valence-corrected chi connectivity index (χ0v) is 22.6.